The molecule has 2 unspecified atom stereocenters. The molecule has 0 saturated carbocycles. The second kappa shape index (κ2) is 9.40. The fraction of sp³-hybridized carbons (Fsp3) is 0.364. The summed E-state index contributed by atoms with van der Waals surface area (Å²) < 4.78 is 74.8. The second-order valence-electron chi connectivity index (χ2n) is 7.46. The predicted octanol–water partition coefficient (Wildman–Crippen LogP) is 6.14. The van der Waals surface area contributed by atoms with E-state index in [0.717, 1.165) is 17.8 Å². The topological polar surface area (TPSA) is 58.9 Å². The number of aliphatic imine (C=N–C) groups is 1. The molecule has 10 heteroatoms. The van der Waals surface area contributed by atoms with Gasteiger partial charge in [-0.15, -0.1) is 11.3 Å². The third kappa shape index (κ3) is 5.35. The van der Waals surface area contributed by atoms with Crippen LogP contribution >= 0.6 is 11.3 Å². The van der Waals surface area contributed by atoms with Gasteiger partial charge in [-0.25, -0.2) is 8.78 Å². The number of halogens is 5. The summed E-state index contributed by atoms with van der Waals surface area (Å²) >= 11 is 0.504. The number of aliphatic carboxylic acids is 1. The van der Waals surface area contributed by atoms with E-state index in [1.807, 2.05) is 0 Å². The standard InChI is InChI=1S/C22H20F5NO3S/c1-11-3-5-14(12(2)28-11)16-10-32-21(22(25,26)27)15(16)9-31-20-17(23)7-13(8-18(20)24)4-6-19(29)30/h3,5,7-8,10,12,14H,4,6,9H2,1-2H3,(H,29,30). The van der Waals surface area contributed by atoms with Crippen LogP contribution in [-0.4, -0.2) is 22.8 Å². The first kappa shape index (κ1) is 23.9. The minimum Gasteiger partial charge on any atom is -0.483 e. The molecule has 2 atom stereocenters. The zero-order valence-corrected chi connectivity index (χ0v) is 18.0. The van der Waals surface area contributed by atoms with Crippen molar-refractivity contribution in [2.24, 2.45) is 4.99 Å². The number of nitrogens with zero attached hydrogens (tertiary/aromatic N) is 1. The van der Waals surface area contributed by atoms with Crippen molar-refractivity contribution in [1.82, 2.24) is 0 Å². The van der Waals surface area contributed by atoms with Crippen LogP contribution in [0.4, 0.5) is 22.0 Å². The monoisotopic (exact) mass is 473 g/mol. The van der Waals surface area contributed by atoms with Crippen molar-refractivity contribution in [2.45, 2.75) is 51.4 Å². The molecule has 0 bridgehead atoms. The van der Waals surface area contributed by atoms with Gasteiger partial charge in [0.15, 0.2) is 17.4 Å². The van der Waals surface area contributed by atoms with Gasteiger partial charge >= 0.3 is 12.1 Å². The largest absolute Gasteiger partial charge is 0.483 e. The Morgan fingerprint density at radius 1 is 1.25 bits per heavy atom. The molecule has 1 aliphatic heterocycles. The van der Waals surface area contributed by atoms with E-state index in [9.17, 15) is 26.7 Å². The molecule has 1 N–H and O–H groups in total. The Kier molecular flexibility index (Phi) is 7.02. The van der Waals surface area contributed by atoms with Crippen LogP contribution in [0.1, 0.15) is 47.8 Å². The smallest absolute Gasteiger partial charge is 0.426 e. The molecular weight excluding hydrogens is 453 g/mol. The molecule has 2 heterocycles. The van der Waals surface area contributed by atoms with Crippen LogP contribution < -0.4 is 4.74 Å². The molecule has 172 valence electrons. The van der Waals surface area contributed by atoms with Crippen molar-refractivity contribution >= 4 is 23.0 Å². The molecule has 0 fully saturated rings. The van der Waals surface area contributed by atoms with E-state index in [1.165, 1.54) is 5.38 Å². The fourth-order valence-electron chi connectivity index (χ4n) is 3.56. The predicted molar refractivity (Wildman–Crippen MR) is 110 cm³/mol. The summed E-state index contributed by atoms with van der Waals surface area (Å²) in [5.74, 6) is -4.58. The van der Waals surface area contributed by atoms with E-state index in [2.05, 4.69) is 4.99 Å². The number of carbonyl (C=O) groups is 1. The molecule has 32 heavy (non-hydrogen) atoms. The average molecular weight is 473 g/mol. The van der Waals surface area contributed by atoms with E-state index in [0.29, 0.717) is 16.9 Å². The molecule has 0 radical (unpaired) electrons. The summed E-state index contributed by atoms with van der Waals surface area (Å²) in [6.45, 7) is 2.88. The number of alkyl halides is 3. The number of aryl methyl sites for hydroxylation is 1. The lowest BCUT2D eigenvalue weighted by Crippen LogP contribution is -2.19. The van der Waals surface area contributed by atoms with Gasteiger partial charge in [0.1, 0.15) is 11.5 Å². The lowest BCUT2D eigenvalue weighted by atomic mass is 9.89. The van der Waals surface area contributed by atoms with E-state index >= 15 is 0 Å². The first-order valence-electron chi connectivity index (χ1n) is 9.70. The molecule has 3 rings (SSSR count). The van der Waals surface area contributed by atoms with Crippen LogP contribution in [0, 0.1) is 11.6 Å². The summed E-state index contributed by atoms with van der Waals surface area (Å²) in [7, 11) is 0. The SMILES string of the molecule is CC1=NC(C)C(c2csc(C(F)(F)F)c2COc2c(F)cc(CCC(=O)O)cc2F)C=C1. The highest BCUT2D eigenvalue weighted by Crippen LogP contribution is 2.43. The van der Waals surface area contributed by atoms with Gasteiger partial charge in [0, 0.05) is 23.6 Å². The number of carboxylic acids is 1. The van der Waals surface area contributed by atoms with Gasteiger partial charge in [0.05, 0.1) is 6.04 Å². The van der Waals surface area contributed by atoms with E-state index in [4.69, 9.17) is 9.84 Å². The molecule has 1 aromatic heterocycles. The second-order valence-corrected chi connectivity index (χ2v) is 8.34. The van der Waals surface area contributed by atoms with Gasteiger partial charge in [0.25, 0.3) is 0 Å². The maximum atomic E-state index is 14.4. The number of thiophene rings is 1. The molecule has 2 aromatic rings. The van der Waals surface area contributed by atoms with Crippen molar-refractivity contribution < 1.29 is 36.6 Å². The molecule has 4 nitrogen and oxygen atoms in total. The summed E-state index contributed by atoms with van der Waals surface area (Å²) in [5, 5.41) is 10.1. The highest BCUT2D eigenvalue weighted by molar-refractivity contribution is 7.10. The molecule has 1 aliphatic rings. The Morgan fingerprint density at radius 3 is 2.47 bits per heavy atom. The van der Waals surface area contributed by atoms with Gasteiger partial charge in [0.2, 0.25) is 0 Å². The minimum absolute atomic E-state index is 0.0950. The zero-order chi connectivity index (χ0) is 23.6. The van der Waals surface area contributed by atoms with Crippen molar-refractivity contribution in [1.29, 1.82) is 0 Å². The molecule has 0 saturated heterocycles. The lowest BCUT2D eigenvalue weighted by molar-refractivity contribution is -0.137. The number of rotatable bonds is 7. The lowest BCUT2D eigenvalue weighted by Gasteiger charge is -2.23. The minimum atomic E-state index is -4.65. The maximum absolute atomic E-state index is 14.4. The van der Waals surface area contributed by atoms with E-state index < -0.39 is 46.9 Å². The quantitative estimate of drug-likeness (QED) is 0.491. The highest BCUT2D eigenvalue weighted by atomic mass is 32.1. The Bertz CT molecular complexity index is 1050. The summed E-state index contributed by atoms with van der Waals surface area (Å²) in [6.07, 6.45) is -1.59. The zero-order valence-electron chi connectivity index (χ0n) is 17.2. The molecule has 0 spiro atoms. The maximum Gasteiger partial charge on any atom is 0.426 e. The van der Waals surface area contributed by atoms with Gasteiger partial charge in [-0.1, -0.05) is 6.08 Å². The Hall–Kier alpha value is -2.75. The Balaban J connectivity index is 1.90. The van der Waals surface area contributed by atoms with Gasteiger partial charge in [-0.3, -0.25) is 9.79 Å². The van der Waals surface area contributed by atoms with Gasteiger partial charge in [-0.05, 0) is 55.0 Å². The number of allylic oxidation sites excluding steroid dienone is 1. The van der Waals surface area contributed by atoms with Crippen LogP contribution in [-0.2, 0) is 24.0 Å². The average Bonchev–Trinajstić information content (AvgIpc) is 3.10. The van der Waals surface area contributed by atoms with Crippen LogP contribution in [0.2, 0.25) is 0 Å². The van der Waals surface area contributed by atoms with Crippen LogP contribution in [0.3, 0.4) is 0 Å². The van der Waals surface area contributed by atoms with E-state index in [1.54, 1.807) is 26.0 Å². The number of benzene rings is 1. The van der Waals surface area contributed by atoms with Gasteiger partial charge in [-0.2, -0.15) is 13.2 Å². The third-order valence-corrected chi connectivity index (χ3v) is 6.15. The highest BCUT2D eigenvalue weighted by Gasteiger charge is 2.38. The fourth-order valence-corrected chi connectivity index (χ4v) is 4.56. The van der Waals surface area contributed by atoms with Crippen molar-refractivity contribution in [3.05, 3.63) is 62.9 Å². The number of ether oxygens (including phenoxy) is 1. The Morgan fingerprint density at radius 2 is 1.91 bits per heavy atom. The first-order chi connectivity index (χ1) is 15.0. The third-order valence-electron chi connectivity index (χ3n) is 5.06. The number of hydrogen-bond donors (Lipinski definition) is 1. The van der Waals surface area contributed by atoms with Gasteiger partial charge < -0.3 is 9.84 Å². The molecular formula is C22H20F5NO3S. The van der Waals surface area contributed by atoms with Crippen LogP contribution in [0.25, 0.3) is 0 Å². The molecule has 0 amide bonds. The summed E-state index contributed by atoms with van der Waals surface area (Å²) in [4.78, 5) is 14.1. The number of hydrogen-bond acceptors (Lipinski definition) is 4. The van der Waals surface area contributed by atoms with E-state index in [-0.39, 0.29) is 30.0 Å². The normalized spacial score (nSPS) is 18.5. The number of dihydropyridines is 1. The van der Waals surface area contributed by atoms with Crippen molar-refractivity contribution in [2.75, 3.05) is 0 Å². The summed E-state index contributed by atoms with van der Waals surface area (Å²) in [6, 6.07) is 1.53. The molecule has 1 aromatic carbocycles. The summed E-state index contributed by atoms with van der Waals surface area (Å²) in [5.41, 5.74) is 1.02. The molecule has 0 aliphatic carbocycles. The Labute approximate surface area is 185 Å². The van der Waals surface area contributed by atoms with Crippen molar-refractivity contribution in [3.8, 4) is 5.75 Å². The van der Waals surface area contributed by atoms with Crippen molar-refractivity contribution in [3.63, 3.8) is 0 Å². The number of carboxylic acid groups (broad SMARTS) is 1. The van der Waals surface area contributed by atoms with Crippen LogP contribution in [0.5, 0.6) is 5.75 Å². The first-order valence-corrected chi connectivity index (χ1v) is 10.6. The van der Waals surface area contributed by atoms with Crippen LogP contribution in [0.15, 0.2) is 34.7 Å².